The highest BCUT2D eigenvalue weighted by Gasteiger charge is 2.75. The maximum atomic E-state index is 16.0. The number of nitrogens with two attached hydrogens (primary N) is 1. The maximum Gasteiger partial charge on any atom is 0.421 e. The molecule has 0 aliphatic carbocycles. The molecule has 1 spiro atoms. The van der Waals surface area contributed by atoms with E-state index in [0.717, 1.165) is 16.0 Å². The van der Waals surface area contributed by atoms with Crippen molar-refractivity contribution in [2.75, 3.05) is 38.4 Å². The fourth-order valence-electron chi connectivity index (χ4n) is 9.46. The van der Waals surface area contributed by atoms with Gasteiger partial charge in [0.15, 0.2) is 0 Å². The van der Waals surface area contributed by atoms with E-state index in [1.807, 2.05) is 89.8 Å². The minimum atomic E-state index is -2.07. The van der Waals surface area contributed by atoms with E-state index in [2.05, 4.69) is 22.2 Å². The van der Waals surface area contributed by atoms with Crippen molar-refractivity contribution in [1.82, 2.24) is 19.9 Å². The lowest BCUT2D eigenvalue weighted by Gasteiger charge is -2.46. The van der Waals surface area contributed by atoms with Gasteiger partial charge in [-0.2, -0.15) is 0 Å². The summed E-state index contributed by atoms with van der Waals surface area (Å²) in [5.41, 5.74) is 8.57. The standard InChI is InChI=1S/C48H42N6O9/c1-60-26-27-62-47(59)53-37-22-21-30(12-11-23-52-38-20-9-8-19-36(38)50-51-52)28-35(37)48(46(53)58)39(44(49)56)41-45(57)63-42(32-15-6-3-7-16-32)40(31-13-4-2-5-14-31)54(41)43(48)33-17-10-18-34(29-33)61-25-24-55/h2-10,13-22,28-29,39-43,55H,23-27H2,1H3,(H2,49,56)/t39-,40-,41-,42+,43+,48-/m1/s1. The van der Waals surface area contributed by atoms with Gasteiger partial charge >= 0.3 is 12.1 Å². The quantitative estimate of drug-likeness (QED) is 0.103. The topological polar surface area (TPSA) is 189 Å². The Morgan fingerprint density at radius 3 is 2.32 bits per heavy atom. The molecule has 2 fully saturated rings. The molecule has 0 saturated carbocycles. The predicted octanol–water partition coefficient (Wildman–Crippen LogP) is 4.79. The SMILES string of the molecule is COCCOC(=O)N1C(=O)[C@@]2(c3cc(C#CCn4nnc5ccccc54)ccc31)[C@H](c1cccc(OCCO)c1)N1[C@H](c3ccccc3)[C@H](c3ccccc3)OC(=O)[C@H]1[C@@H]2C(N)=O. The number of morpholine rings is 1. The van der Waals surface area contributed by atoms with Gasteiger partial charge < -0.3 is 29.8 Å². The number of cyclic esters (lactones) is 1. The van der Waals surface area contributed by atoms with Crippen LogP contribution in [0.5, 0.6) is 5.75 Å². The second-order valence-electron chi connectivity index (χ2n) is 15.3. The number of hydrogen-bond acceptors (Lipinski definition) is 12. The lowest BCUT2D eigenvalue weighted by molar-refractivity contribution is -0.178. The number of nitrogens with zero attached hydrogens (tertiary/aromatic N) is 5. The van der Waals surface area contributed by atoms with Gasteiger partial charge in [-0.1, -0.05) is 102 Å². The maximum absolute atomic E-state index is 16.0. The molecule has 5 aromatic carbocycles. The third-order valence-corrected chi connectivity index (χ3v) is 11.9. The van der Waals surface area contributed by atoms with Gasteiger partial charge in [0.2, 0.25) is 11.8 Å². The summed E-state index contributed by atoms with van der Waals surface area (Å²) in [6.45, 7) is -0.242. The Labute approximate surface area is 361 Å². The number of imide groups is 1. The number of amides is 3. The van der Waals surface area contributed by atoms with Crippen molar-refractivity contribution in [1.29, 1.82) is 0 Å². The number of carbonyl (C=O) groups excluding carboxylic acids is 4. The molecule has 2 saturated heterocycles. The van der Waals surface area contributed by atoms with Gasteiger partial charge in [-0.3, -0.25) is 19.3 Å². The summed E-state index contributed by atoms with van der Waals surface area (Å²) in [4.78, 5) is 62.3. The van der Waals surface area contributed by atoms with Crippen molar-refractivity contribution in [3.8, 4) is 17.6 Å². The number of rotatable bonds is 11. The minimum absolute atomic E-state index is 0.0279. The molecular formula is C48H42N6O9. The third-order valence-electron chi connectivity index (χ3n) is 11.9. The van der Waals surface area contributed by atoms with Gasteiger partial charge in [0.1, 0.15) is 48.6 Å². The van der Waals surface area contributed by atoms with Gasteiger partial charge in [0.25, 0.3) is 0 Å². The molecule has 318 valence electrons. The van der Waals surface area contributed by atoms with Crippen LogP contribution in [0.2, 0.25) is 0 Å². The molecule has 0 bridgehead atoms. The Hall–Kier alpha value is -7.38. The molecule has 9 rings (SSSR count). The second kappa shape index (κ2) is 17.2. The van der Waals surface area contributed by atoms with E-state index < -0.39 is 59.4 Å². The first-order valence-electron chi connectivity index (χ1n) is 20.4. The zero-order valence-electron chi connectivity index (χ0n) is 34.1. The largest absolute Gasteiger partial charge is 0.491 e. The summed E-state index contributed by atoms with van der Waals surface area (Å²) in [6, 6.07) is 34.5. The Morgan fingerprint density at radius 2 is 1.57 bits per heavy atom. The predicted molar refractivity (Wildman–Crippen MR) is 228 cm³/mol. The molecule has 1 aromatic heterocycles. The molecule has 4 heterocycles. The van der Waals surface area contributed by atoms with Crippen molar-refractivity contribution in [2.45, 2.75) is 36.2 Å². The summed E-state index contributed by atoms with van der Waals surface area (Å²) in [7, 11) is 1.45. The molecule has 0 unspecified atom stereocenters. The number of esters is 1. The number of primary amides is 1. The lowest BCUT2D eigenvalue weighted by Crippen LogP contribution is -2.55. The number of benzene rings is 5. The Morgan fingerprint density at radius 1 is 0.841 bits per heavy atom. The van der Waals surface area contributed by atoms with Crippen LogP contribution in [-0.4, -0.2) is 88.5 Å². The van der Waals surface area contributed by atoms with Crippen molar-refractivity contribution in [3.05, 3.63) is 155 Å². The Kier molecular flexibility index (Phi) is 11.2. The number of ether oxygens (including phenoxy) is 4. The van der Waals surface area contributed by atoms with Crippen LogP contribution in [0.15, 0.2) is 127 Å². The summed E-state index contributed by atoms with van der Waals surface area (Å²) < 4.78 is 24.7. The number of aliphatic hydroxyl groups excluding tert-OH is 1. The van der Waals surface area contributed by atoms with Crippen molar-refractivity contribution in [2.24, 2.45) is 11.7 Å². The van der Waals surface area contributed by atoms with E-state index in [1.165, 1.54) is 7.11 Å². The first kappa shape index (κ1) is 41.0. The molecule has 3 N–H and O–H groups in total. The van der Waals surface area contributed by atoms with E-state index >= 15 is 4.79 Å². The number of aliphatic hydroxyl groups is 1. The van der Waals surface area contributed by atoms with Crippen LogP contribution in [0.4, 0.5) is 10.5 Å². The third kappa shape index (κ3) is 7.04. The monoisotopic (exact) mass is 846 g/mol. The normalized spacial score (nSPS) is 22.6. The first-order chi connectivity index (χ1) is 30.8. The smallest absolute Gasteiger partial charge is 0.421 e. The van der Waals surface area contributed by atoms with Crippen molar-refractivity contribution >= 4 is 40.6 Å². The average Bonchev–Trinajstić information content (AvgIpc) is 3.95. The van der Waals surface area contributed by atoms with Gasteiger partial charge in [-0.15, -0.1) is 5.10 Å². The van der Waals surface area contributed by atoms with Crippen molar-refractivity contribution in [3.63, 3.8) is 0 Å². The molecule has 3 amide bonds. The lowest BCUT2D eigenvalue weighted by atomic mass is 9.65. The van der Waals surface area contributed by atoms with E-state index in [1.54, 1.807) is 47.1 Å². The number of fused-ring (bicyclic) bond motifs is 4. The zero-order chi connectivity index (χ0) is 43.7. The first-order valence-corrected chi connectivity index (χ1v) is 20.4. The van der Waals surface area contributed by atoms with E-state index in [9.17, 15) is 19.5 Å². The fraction of sp³-hybridized carbons (Fsp3) is 0.250. The van der Waals surface area contributed by atoms with Crippen LogP contribution in [0, 0.1) is 17.8 Å². The van der Waals surface area contributed by atoms with Crippen LogP contribution in [0.25, 0.3) is 11.0 Å². The van der Waals surface area contributed by atoms with Crippen LogP contribution < -0.4 is 15.4 Å². The van der Waals surface area contributed by atoms with Gasteiger partial charge in [-0.05, 0) is 64.7 Å². The fourth-order valence-corrected chi connectivity index (χ4v) is 9.46. The molecule has 3 aliphatic rings. The van der Waals surface area contributed by atoms with Gasteiger partial charge in [0.05, 0.1) is 42.4 Å². The molecule has 15 nitrogen and oxygen atoms in total. The summed E-state index contributed by atoms with van der Waals surface area (Å²) in [5.74, 6) is 2.51. The minimum Gasteiger partial charge on any atom is -0.491 e. The summed E-state index contributed by atoms with van der Waals surface area (Å²) in [6.07, 6.45) is -1.93. The molecule has 0 radical (unpaired) electrons. The summed E-state index contributed by atoms with van der Waals surface area (Å²) in [5, 5.41) is 18.2. The number of aromatic nitrogens is 3. The highest BCUT2D eigenvalue weighted by Crippen LogP contribution is 2.66. The Bertz CT molecular complexity index is 2770. The van der Waals surface area contributed by atoms with Crippen LogP contribution >= 0.6 is 0 Å². The Balaban J connectivity index is 1.30. The van der Waals surface area contributed by atoms with Crippen LogP contribution in [0.3, 0.4) is 0 Å². The average molecular weight is 847 g/mol. The number of methoxy groups -OCH3 is 1. The highest BCUT2D eigenvalue weighted by atomic mass is 16.6. The van der Waals surface area contributed by atoms with Gasteiger partial charge in [0, 0.05) is 12.7 Å². The highest BCUT2D eigenvalue weighted by molar-refractivity contribution is 6.23. The van der Waals surface area contributed by atoms with E-state index in [0.29, 0.717) is 28.0 Å². The summed E-state index contributed by atoms with van der Waals surface area (Å²) >= 11 is 0. The number of para-hydroxylation sites is 1. The zero-order valence-corrected chi connectivity index (χ0v) is 34.1. The molecule has 6 aromatic rings. The van der Waals surface area contributed by atoms with Gasteiger partial charge in [-0.25, -0.2) is 14.4 Å². The molecular weight excluding hydrogens is 805 g/mol. The number of hydrogen-bond donors (Lipinski definition) is 2. The van der Waals surface area contributed by atoms with E-state index in [4.69, 9.17) is 24.7 Å². The molecule has 15 heteroatoms. The molecule has 63 heavy (non-hydrogen) atoms. The van der Waals surface area contributed by atoms with Crippen molar-refractivity contribution < 1.29 is 43.2 Å². The van der Waals surface area contributed by atoms with Crippen LogP contribution in [0.1, 0.15) is 46.0 Å². The van der Waals surface area contributed by atoms with Crippen LogP contribution in [-0.2, 0) is 40.6 Å². The number of anilines is 1. The number of carbonyl (C=O) groups is 4. The molecule has 3 aliphatic heterocycles. The van der Waals surface area contributed by atoms with E-state index in [-0.39, 0.29) is 44.2 Å². The second-order valence-corrected chi connectivity index (χ2v) is 15.3. The molecule has 6 atom stereocenters.